The highest BCUT2D eigenvalue weighted by atomic mass is 32.2. The van der Waals surface area contributed by atoms with Gasteiger partial charge in [0, 0.05) is 50.4 Å². The lowest BCUT2D eigenvalue weighted by Crippen LogP contribution is -2.32. The van der Waals surface area contributed by atoms with Crippen molar-refractivity contribution in [3.05, 3.63) is 36.7 Å². The molecule has 0 spiro atoms. The molecule has 1 saturated heterocycles. The van der Waals surface area contributed by atoms with E-state index in [-0.39, 0.29) is 12.0 Å². The molecule has 0 aromatic carbocycles. The van der Waals surface area contributed by atoms with E-state index in [0.717, 1.165) is 17.1 Å². The summed E-state index contributed by atoms with van der Waals surface area (Å²) in [7, 11) is 3.82. The Bertz CT molecular complexity index is 696. The van der Waals surface area contributed by atoms with Crippen molar-refractivity contribution in [3.8, 4) is 5.88 Å². The number of carbonyl (C=O) groups excluding carboxylic acids is 1. The van der Waals surface area contributed by atoms with Crippen LogP contribution in [0.3, 0.4) is 0 Å². The van der Waals surface area contributed by atoms with E-state index in [2.05, 4.69) is 15.2 Å². The first-order valence-electron chi connectivity index (χ1n) is 8.10. The number of hydrogen-bond acceptors (Lipinski definition) is 7. The second kappa shape index (κ2) is 8.15. The molecule has 1 fully saturated rings. The molecular weight excluding hydrogens is 338 g/mol. The van der Waals surface area contributed by atoms with E-state index < -0.39 is 0 Å². The first-order valence-corrected chi connectivity index (χ1v) is 9.08. The lowest BCUT2D eigenvalue weighted by atomic mass is 10.3. The van der Waals surface area contributed by atoms with E-state index in [4.69, 9.17) is 4.74 Å². The third-order valence-electron chi connectivity index (χ3n) is 3.88. The van der Waals surface area contributed by atoms with Crippen LogP contribution in [0.25, 0.3) is 0 Å². The van der Waals surface area contributed by atoms with Gasteiger partial charge in [-0.05, 0) is 18.2 Å². The van der Waals surface area contributed by atoms with E-state index in [1.165, 1.54) is 11.8 Å². The van der Waals surface area contributed by atoms with E-state index in [0.29, 0.717) is 24.7 Å². The third-order valence-corrected chi connectivity index (χ3v) is 4.88. The zero-order valence-electron chi connectivity index (χ0n) is 14.3. The maximum atomic E-state index is 12.3. The first kappa shape index (κ1) is 17.5. The second-order valence-corrected chi connectivity index (χ2v) is 7.01. The summed E-state index contributed by atoms with van der Waals surface area (Å²) < 4.78 is 5.85. The van der Waals surface area contributed by atoms with Gasteiger partial charge in [0.25, 0.3) is 0 Å². The van der Waals surface area contributed by atoms with Crippen LogP contribution in [0.4, 0.5) is 5.82 Å². The number of ether oxygens (including phenoxy) is 1. The smallest absolute Gasteiger partial charge is 0.233 e. The highest BCUT2D eigenvalue weighted by molar-refractivity contribution is 8.00. The summed E-state index contributed by atoms with van der Waals surface area (Å²) in [6.45, 7) is 1.30. The zero-order chi connectivity index (χ0) is 17.6. The molecule has 0 radical (unpaired) electrons. The molecule has 3 heterocycles. The molecule has 1 atom stereocenters. The predicted molar refractivity (Wildman–Crippen MR) is 96.9 cm³/mol. The molecule has 2 aromatic heterocycles. The summed E-state index contributed by atoms with van der Waals surface area (Å²) in [4.78, 5) is 21.1. The number of aromatic nitrogens is 3. The quantitative estimate of drug-likeness (QED) is 0.727. The molecular formula is C17H21N5O2S. The lowest BCUT2D eigenvalue weighted by molar-refractivity contribution is -0.127. The van der Waals surface area contributed by atoms with Crippen LogP contribution in [-0.2, 0) is 4.79 Å². The fraction of sp³-hybridized carbons (Fsp3) is 0.412. The molecule has 3 rings (SSSR count). The molecule has 7 nitrogen and oxygen atoms in total. The molecule has 1 amide bonds. The SMILES string of the molecule is CN(C)c1ccc(OC2CCN(C(=O)CSc3ccncc3)C2)nn1. The van der Waals surface area contributed by atoms with Gasteiger partial charge in [0.05, 0.1) is 12.3 Å². The van der Waals surface area contributed by atoms with Gasteiger partial charge in [-0.25, -0.2) is 0 Å². The maximum absolute atomic E-state index is 12.3. The van der Waals surface area contributed by atoms with Gasteiger partial charge in [0.15, 0.2) is 5.82 Å². The summed E-state index contributed by atoms with van der Waals surface area (Å²) in [6.07, 6.45) is 4.24. The van der Waals surface area contributed by atoms with E-state index >= 15 is 0 Å². The minimum absolute atomic E-state index is 0.0330. The Morgan fingerprint density at radius 1 is 1.28 bits per heavy atom. The number of amides is 1. The summed E-state index contributed by atoms with van der Waals surface area (Å²) >= 11 is 1.53. The number of pyridine rings is 1. The monoisotopic (exact) mass is 359 g/mol. The molecule has 1 unspecified atom stereocenters. The van der Waals surface area contributed by atoms with Crippen LogP contribution in [0.15, 0.2) is 41.6 Å². The van der Waals surface area contributed by atoms with Crippen LogP contribution in [0, 0.1) is 0 Å². The molecule has 0 aliphatic carbocycles. The first-order chi connectivity index (χ1) is 12.1. The van der Waals surface area contributed by atoms with Gasteiger partial charge in [-0.2, -0.15) is 0 Å². The summed E-state index contributed by atoms with van der Waals surface area (Å²) in [5.41, 5.74) is 0. The lowest BCUT2D eigenvalue weighted by Gasteiger charge is -2.17. The van der Waals surface area contributed by atoms with E-state index in [1.54, 1.807) is 12.4 Å². The minimum Gasteiger partial charge on any atom is -0.471 e. The van der Waals surface area contributed by atoms with Crippen LogP contribution in [0.5, 0.6) is 5.88 Å². The number of hydrogen-bond donors (Lipinski definition) is 0. The van der Waals surface area contributed by atoms with Crippen LogP contribution in [0.2, 0.25) is 0 Å². The number of carbonyl (C=O) groups is 1. The largest absolute Gasteiger partial charge is 0.471 e. The molecule has 1 aliphatic rings. The predicted octanol–water partition coefficient (Wildman–Crippen LogP) is 1.71. The number of rotatable bonds is 6. The Kier molecular flexibility index (Phi) is 5.70. The summed E-state index contributed by atoms with van der Waals surface area (Å²) in [5, 5.41) is 8.18. The van der Waals surface area contributed by atoms with Gasteiger partial charge in [-0.15, -0.1) is 22.0 Å². The van der Waals surface area contributed by atoms with Crippen LogP contribution >= 0.6 is 11.8 Å². The highest BCUT2D eigenvalue weighted by Crippen LogP contribution is 2.21. The Labute approximate surface area is 151 Å². The minimum atomic E-state index is -0.0330. The summed E-state index contributed by atoms with van der Waals surface area (Å²) in [6, 6.07) is 7.49. The second-order valence-electron chi connectivity index (χ2n) is 5.96. The molecule has 1 aliphatic heterocycles. The van der Waals surface area contributed by atoms with Gasteiger partial charge >= 0.3 is 0 Å². The van der Waals surface area contributed by atoms with Crippen molar-refractivity contribution in [2.75, 3.05) is 37.8 Å². The third kappa shape index (κ3) is 4.82. The van der Waals surface area contributed by atoms with Crippen molar-refractivity contribution >= 4 is 23.5 Å². The maximum Gasteiger partial charge on any atom is 0.233 e. The molecule has 0 bridgehead atoms. The fourth-order valence-electron chi connectivity index (χ4n) is 2.51. The molecule has 25 heavy (non-hydrogen) atoms. The van der Waals surface area contributed by atoms with Gasteiger partial charge in [0.1, 0.15) is 6.10 Å². The Hall–Kier alpha value is -2.35. The summed E-state index contributed by atoms with van der Waals surface area (Å²) in [5.74, 6) is 1.83. The van der Waals surface area contributed by atoms with E-state index in [1.807, 2.05) is 48.2 Å². The topological polar surface area (TPSA) is 71.5 Å². The highest BCUT2D eigenvalue weighted by Gasteiger charge is 2.27. The molecule has 0 N–H and O–H groups in total. The van der Waals surface area contributed by atoms with Crippen molar-refractivity contribution in [2.24, 2.45) is 0 Å². The normalized spacial score (nSPS) is 16.7. The molecule has 2 aromatic rings. The van der Waals surface area contributed by atoms with Crippen molar-refractivity contribution in [2.45, 2.75) is 17.4 Å². The number of likely N-dealkylation sites (tertiary alicyclic amines) is 1. The number of anilines is 1. The van der Waals surface area contributed by atoms with Crippen LogP contribution < -0.4 is 9.64 Å². The van der Waals surface area contributed by atoms with Gasteiger partial charge in [-0.3, -0.25) is 9.78 Å². The molecule has 132 valence electrons. The average molecular weight is 359 g/mol. The van der Waals surface area contributed by atoms with Gasteiger partial charge in [-0.1, -0.05) is 0 Å². The Morgan fingerprint density at radius 3 is 2.76 bits per heavy atom. The molecule has 8 heteroatoms. The van der Waals surface area contributed by atoms with E-state index in [9.17, 15) is 4.79 Å². The van der Waals surface area contributed by atoms with Crippen molar-refractivity contribution in [3.63, 3.8) is 0 Å². The Morgan fingerprint density at radius 2 is 2.08 bits per heavy atom. The van der Waals surface area contributed by atoms with Crippen molar-refractivity contribution in [1.29, 1.82) is 0 Å². The van der Waals surface area contributed by atoms with Gasteiger partial charge in [0.2, 0.25) is 11.8 Å². The van der Waals surface area contributed by atoms with Crippen molar-refractivity contribution < 1.29 is 9.53 Å². The van der Waals surface area contributed by atoms with Crippen LogP contribution in [0.1, 0.15) is 6.42 Å². The fourth-order valence-corrected chi connectivity index (χ4v) is 3.29. The van der Waals surface area contributed by atoms with Crippen molar-refractivity contribution in [1.82, 2.24) is 20.1 Å². The van der Waals surface area contributed by atoms with Crippen LogP contribution in [-0.4, -0.2) is 65.0 Å². The van der Waals surface area contributed by atoms with Gasteiger partial charge < -0.3 is 14.5 Å². The standard InChI is InChI=1S/C17H21N5O2S/c1-21(2)15-3-4-16(20-19-15)24-13-7-10-22(11-13)17(23)12-25-14-5-8-18-9-6-14/h3-6,8-9,13H,7,10-12H2,1-2H3. The zero-order valence-corrected chi connectivity index (χ0v) is 15.1. The average Bonchev–Trinajstić information content (AvgIpc) is 3.09. The Balaban J connectivity index is 1.47. The molecule has 0 saturated carbocycles. The number of nitrogens with zero attached hydrogens (tertiary/aromatic N) is 5. The number of thioether (sulfide) groups is 1.